The summed E-state index contributed by atoms with van der Waals surface area (Å²) in [6, 6.07) is 18.3. The van der Waals surface area contributed by atoms with Crippen molar-refractivity contribution in [1.82, 2.24) is 20.4 Å². The number of nitrogens with zero attached hydrogens (tertiary/aromatic N) is 3. The van der Waals surface area contributed by atoms with Gasteiger partial charge in [-0.2, -0.15) is 5.10 Å². The van der Waals surface area contributed by atoms with Crippen molar-refractivity contribution in [2.24, 2.45) is 4.99 Å². The fourth-order valence-electron chi connectivity index (χ4n) is 3.17. The Morgan fingerprint density at radius 3 is 2.24 bits per heavy atom. The average molecular weight is 505 g/mol. The third-order valence-corrected chi connectivity index (χ3v) is 4.54. The highest BCUT2D eigenvalue weighted by atomic mass is 127. The summed E-state index contributed by atoms with van der Waals surface area (Å²) in [4.78, 5) is 4.33. The lowest BCUT2D eigenvalue weighted by molar-refractivity contribution is 0.409. The molecule has 0 bridgehead atoms. The van der Waals surface area contributed by atoms with Crippen LogP contribution in [0.25, 0.3) is 5.69 Å². The highest BCUT2D eigenvalue weighted by Crippen LogP contribution is 2.18. The topological polar surface area (TPSA) is 63.5 Å². The van der Waals surface area contributed by atoms with Crippen LogP contribution in [-0.4, -0.2) is 29.9 Å². The van der Waals surface area contributed by atoms with Crippen molar-refractivity contribution in [2.75, 3.05) is 14.2 Å². The number of guanidine groups is 1. The molecule has 29 heavy (non-hydrogen) atoms. The van der Waals surface area contributed by atoms with Crippen molar-refractivity contribution in [3.05, 3.63) is 77.1 Å². The fourth-order valence-corrected chi connectivity index (χ4v) is 3.17. The van der Waals surface area contributed by atoms with Gasteiger partial charge in [-0.15, -0.1) is 24.0 Å². The van der Waals surface area contributed by atoms with Crippen LogP contribution in [0.1, 0.15) is 22.5 Å². The second kappa shape index (κ2) is 10.8. The van der Waals surface area contributed by atoms with Crippen LogP contribution in [0.2, 0.25) is 0 Å². The Morgan fingerprint density at radius 2 is 1.62 bits per heavy atom. The number of para-hydroxylation sites is 2. The van der Waals surface area contributed by atoms with Gasteiger partial charge in [0.25, 0.3) is 0 Å². The van der Waals surface area contributed by atoms with Crippen molar-refractivity contribution >= 4 is 29.9 Å². The minimum atomic E-state index is 0. The van der Waals surface area contributed by atoms with Gasteiger partial charge in [0.1, 0.15) is 5.75 Å². The van der Waals surface area contributed by atoms with Crippen LogP contribution in [0.5, 0.6) is 5.75 Å². The van der Waals surface area contributed by atoms with Crippen molar-refractivity contribution in [3.63, 3.8) is 0 Å². The lowest BCUT2D eigenvalue weighted by Gasteiger charge is -2.16. The molecule has 0 aliphatic heterocycles. The zero-order chi connectivity index (χ0) is 19.9. The Morgan fingerprint density at radius 1 is 1.00 bits per heavy atom. The highest BCUT2D eigenvalue weighted by molar-refractivity contribution is 14.0. The van der Waals surface area contributed by atoms with Gasteiger partial charge in [0.05, 0.1) is 18.5 Å². The number of aryl methyl sites for hydroxylation is 2. The number of methoxy groups -OCH3 is 1. The van der Waals surface area contributed by atoms with E-state index in [1.807, 2.05) is 48.0 Å². The van der Waals surface area contributed by atoms with E-state index in [0.29, 0.717) is 13.1 Å². The van der Waals surface area contributed by atoms with Gasteiger partial charge in [0.15, 0.2) is 5.96 Å². The van der Waals surface area contributed by atoms with E-state index in [2.05, 4.69) is 45.8 Å². The first-order valence-electron chi connectivity index (χ1n) is 9.30. The summed E-state index contributed by atoms with van der Waals surface area (Å²) >= 11 is 0. The highest BCUT2D eigenvalue weighted by Gasteiger charge is 2.09. The second-order valence-corrected chi connectivity index (χ2v) is 6.56. The van der Waals surface area contributed by atoms with Crippen molar-refractivity contribution in [1.29, 1.82) is 0 Å². The molecule has 0 radical (unpaired) electrons. The summed E-state index contributed by atoms with van der Waals surface area (Å²) in [5, 5.41) is 11.3. The Bertz CT molecular complexity index is 967. The molecule has 0 aliphatic rings. The van der Waals surface area contributed by atoms with Crippen LogP contribution >= 0.6 is 24.0 Å². The molecule has 0 unspecified atom stereocenters. The van der Waals surface area contributed by atoms with Crippen molar-refractivity contribution < 1.29 is 4.74 Å². The van der Waals surface area contributed by atoms with E-state index < -0.39 is 0 Å². The van der Waals surface area contributed by atoms with E-state index in [1.54, 1.807) is 14.2 Å². The van der Waals surface area contributed by atoms with Crippen LogP contribution in [0.15, 0.2) is 59.6 Å². The van der Waals surface area contributed by atoms with Crippen molar-refractivity contribution in [3.8, 4) is 11.4 Å². The van der Waals surface area contributed by atoms with Gasteiger partial charge in [0.2, 0.25) is 0 Å². The van der Waals surface area contributed by atoms with Crippen LogP contribution in [0.3, 0.4) is 0 Å². The molecule has 7 heteroatoms. The second-order valence-electron chi connectivity index (χ2n) is 6.56. The molecule has 0 atom stereocenters. The summed E-state index contributed by atoms with van der Waals surface area (Å²) in [6.07, 6.45) is 0. The zero-order valence-electron chi connectivity index (χ0n) is 17.3. The smallest absolute Gasteiger partial charge is 0.191 e. The number of rotatable bonds is 6. The van der Waals surface area contributed by atoms with Crippen LogP contribution in [-0.2, 0) is 13.1 Å². The predicted octanol–water partition coefficient (Wildman–Crippen LogP) is 3.98. The van der Waals surface area contributed by atoms with E-state index in [4.69, 9.17) is 4.74 Å². The SMILES string of the molecule is CN=C(NCc1ccccc1OC)NCc1ccccc1-n1nc(C)cc1C.I. The molecule has 1 aromatic heterocycles. The number of hydrogen-bond acceptors (Lipinski definition) is 3. The number of hydrogen-bond donors (Lipinski definition) is 2. The lowest BCUT2D eigenvalue weighted by Crippen LogP contribution is -2.36. The molecule has 0 saturated heterocycles. The number of halogens is 1. The van der Waals surface area contributed by atoms with E-state index in [1.165, 1.54) is 0 Å². The molecular formula is C22H28IN5O. The summed E-state index contributed by atoms with van der Waals surface area (Å²) in [6.45, 7) is 5.34. The van der Waals surface area contributed by atoms with Gasteiger partial charge in [-0.25, -0.2) is 4.68 Å². The van der Waals surface area contributed by atoms with Crippen LogP contribution < -0.4 is 15.4 Å². The molecule has 154 valence electrons. The summed E-state index contributed by atoms with van der Waals surface area (Å²) < 4.78 is 7.39. The molecule has 0 fully saturated rings. The maximum absolute atomic E-state index is 5.41. The zero-order valence-corrected chi connectivity index (χ0v) is 19.6. The number of aromatic nitrogens is 2. The van der Waals surface area contributed by atoms with Gasteiger partial charge in [-0.05, 0) is 37.6 Å². The molecule has 6 nitrogen and oxygen atoms in total. The molecule has 1 heterocycles. The van der Waals surface area contributed by atoms with Crippen molar-refractivity contribution in [2.45, 2.75) is 26.9 Å². The molecule has 2 N–H and O–H groups in total. The maximum atomic E-state index is 5.41. The average Bonchev–Trinajstić information content (AvgIpc) is 3.06. The van der Waals surface area contributed by atoms with Gasteiger partial charge in [0, 0.05) is 31.4 Å². The quantitative estimate of drug-likeness (QED) is 0.302. The Labute approximate surface area is 189 Å². The number of benzene rings is 2. The minimum absolute atomic E-state index is 0. The van der Waals surface area contributed by atoms with E-state index in [-0.39, 0.29) is 24.0 Å². The first-order valence-corrected chi connectivity index (χ1v) is 9.30. The molecule has 0 amide bonds. The third-order valence-electron chi connectivity index (χ3n) is 4.54. The predicted molar refractivity (Wildman–Crippen MR) is 128 cm³/mol. The number of ether oxygens (including phenoxy) is 1. The molecule has 0 aliphatic carbocycles. The lowest BCUT2D eigenvalue weighted by atomic mass is 10.1. The Balaban J connectivity index is 0.00000300. The Hall–Kier alpha value is -2.55. The third kappa shape index (κ3) is 5.72. The van der Waals surface area contributed by atoms with Gasteiger partial charge < -0.3 is 15.4 Å². The van der Waals surface area contributed by atoms with E-state index in [0.717, 1.165) is 39.9 Å². The first-order chi connectivity index (χ1) is 13.6. The molecule has 3 aromatic rings. The molecule has 3 rings (SSSR count). The fraction of sp³-hybridized carbons (Fsp3) is 0.273. The minimum Gasteiger partial charge on any atom is -0.496 e. The van der Waals surface area contributed by atoms with Gasteiger partial charge >= 0.3 is 0 Å². The Kier molecular flexibility index (Phi) is 8.50. The van der Waals surface area contributed by atoms with Gasteiger partial charge in [-0.3, -0.25) is 4.99 Å². The summed E-state index contributed by atoms with van der Waals surface area (Å²) in [7, 11) is 3.45. The monoisotopic (exact) mass is 505 g/mol. The van der Waals surface area contributed by atoms with E-state index in [9.17, 15) is 0 Å². The molecule has 0 spiro atoms. The van der Waals surface area contributed by atoms with Gasteiger partial charge in [-0.1, -0.05) is 36.4 Å². The molecule has 0 saturated carbocycles. The standard InChI is InChI=1S/C22H27N5O.HI/c1-16-13-17(2)27(26-16)20-11-7-5-9-18(20)14-24-22(23-3)25-15-19-10-6-8-12-21(19)28-4;/h5-13H,14-15H2,1-4H3,(H2,23,24,25);1H. The van der Waals surface area contributed by atoms with Crippen LogP contribution in [0.4, 0.5) is 0 Å². The largest absolute Gasteiger partial charge is 0.496 e. The summed E-state index contributed by atoms with van der Waals surface area (Å²) in [5.41, 5.74) is 5.42. The molecule has 2 aromatic carbocycles. The normalized spacial score (nSPS) is 11.0. The maximum Gasteiger partial charge on any atom is 0.191 e. The van der Waals surface area contributed by atoms with E-state index >= 15 is 0 Å². The number of aliphatic imine (C=N–C) groups is 1. The number of nitrogens with one attached hydrogen (secondary N) is 2. The summed E-state index contributed by atoms with van der Waals surface area (Å²) in [5.74, 6) is 1.59. The molecular weight excluding hydrogens is 477 g/mol. The van der Waals surface area contributed by atoms with Crippen LogP contribution in [0, 0.1) is 13.8 Å². The first kappa shape index (κ1) is 22.7.